The Morgan fingerprint density at radius 3 is 2.77 bits per heavy atom. The van der Waals surface area contributed by atoms with Crippen LogP contribution in [0.4, 0.5) is 0 Å². The minimum absolute atomic E-state index is 0.239. The number of hydrogen-bond acceptors (Lipinski definition) is 8. The van der Waals surface area contributed by atoms with E-state index in [1.807, 2.05) is 0 Å². The predicted octanol–water partition coefficient (Wildman–Crippen LogP) is -1.16. The first kappa shape index (κ1) is 20.7. The molecule has 3 unspecified atom stereocenters. The highest BCUT2D eigenvalue weighted by Crippen LogP contribution is 2.40. The third-order valence-electron chi connectivity index (χ3n) is 3.78. The van der Waals surface area contributed by atoms with Gasteiger partial charge in [-0.3, -0.25) is 19.1 Å². The molecule has 1 amide bonds. The number of carbonyl (C=O) groups is 1. The first-order valence-electron chi connectivity index (χ1n) is 7.52. The Morgan fingerprint density at radius 1 is 1.50 bits per heavy atom. The number of aliphatic hydroxyl groups is 1. The van der Waals surface area contributed by atoms with Gasteiger partial charge in [-0.2, -0.15) is 0 Å². The highest BCUT2D eigenvalue weighted by Gasteiger charge is 2.51. The molecule has 0 spiro atoms. The summed E-state index contributed by atoms with van der Waals surface area (Å²) in [6, 6.07) is 0. The van der Waals surface area contributed by atoms with E-state index in [0.29, 0.717) is 0 Å². The number of rotatable bonds is 7. The van der Waals surface area contributed by atoms with Crippen molar-refractivity contribution in [2.45, 2.75) is 31.5 Å². The molecule has 144 valence electrons. The molecule has 0 saturated carbocycles. The van der Waals surface area contributed by atoms with Crippen LogP contribution in [-0.4, -0.2) is 59.1 Å². The van der Waals surface area contributed by atoms with E-state index in [1.54, 1.807) is 0 Å². The van der Waals surface area contributed by atoms with Gasteiger partial charge in [0.05, 0.1) is 6.61 Å². The highest BCUT2D eigenvalue weighted by atomic mass is 32.7. The summed E-state index contributed by atoms with van der Waals surface area (Å²) in [5.41, 5.74) is -1.09. The topological polar surface area (TPSA) is 149 Å². The van der Waals surface area contributed by atoms with Gasteiger partial charge in [-0.05, 0) is 11.5 Å². The Labute approximate surface area is 153 Å². The van der Waals surface area contributed by atoms with E-state index in [0.717, 1.165) is 4.57 Å². The molecule has 1 saturated heterocycles. The van der Waals surface area contributed by atoms with E-state index in [1.165, 1.54) is 20.2 Å². The number of nitrogens with one attached hydrogen (secondary N) is 2. The van der Waals surface area contributed by atoms with Crippen LogP contribution in [0.25, 0.3) is 0 Å². The normalized spacial score (nSPS) is 25.9. The first-order chi connectivity index (χ1) is 12.3. The minimum Gasteiger partial charge on any atom is -0.394 e. The maximum absolute atomic E-state index is 12.2. The molecule has 26 heavy (non-hydrogen) atoms. The molecular formula is C13H19N3O8PS+. The van der Waals surface area contributed by atoms with Gasteiger partial charge < -0.3 is 19.9 Å². The Bertz CT molecular complexity index is 796. The van der Waals surface area contributed by atoms with Crippen LogP contribution in [0.3, 0.4) is 0 Å². The summed E-state index contributed by atoms with van der Waals surface area (Å²) in [4.78, 5) is 37.4. The molecule has 5 atom stereocenters. The lowest BCUT2D eigenvalue weighted by Crippen LogP contribution is -2.41. The third-order valence-corrected chi connectivity index (χ3v) is 4.49. The second-order valence-electron chi connectivity index (χ2n) is 5.48. The summed E-state index contributed by atoms with van der Waals surface area (Å²) in [6.07, 6.45) is -2.99. The summed E-state index contributed by atoms with van der Waals surface area (Å²) in [7, 11) is -0.964. The fourth-order valence-electron chi connectivity index (χ4n) is 2.51. The number of carbonyl (C=O) groups excluding carboxylic acids is 1. The lowest BCUT2D eigenvalue weighted by Gasteiger charge is -2.22. The lowest BCUT2D eigenvalue weighted by atomic mass is 10.1. The van der Waals surface area contributed by atoms with E-state index in [9.17, 15) is 24.1 Å². The second-order valence-corrected chi connectivity index (χ2v) is 7.15. The summed E-state index contributed by atoms with van der Waals surface area (Å²) in [5, 5.41) is 11.9. The average molecular weight is 408 g/mol. The van der Waals surface area contributed by atoms with Crippen molar-refractivity contribution in [2.75, 3.05) is 20.3 Å². The van der Waals surface area contributed by atoms with Crippen molar-refractivity contribution in [2.24, 2.45) is 0 Å². The number of hydrogen-bond donors (Lipinski definition) is 4. The van der Waals surface area contributed by atoms with Gasteiger partial charge in [-0.15, -0.1) is 4.52 Å². The van der Waals surface area contributed by atoms with Gasteiger partial charge in [-0.1, -0.05) is 0 Å². The number of aromatic nitrogens is 2. The number of amides is 1. The number of aliphatic hydroxyl groups excluding tert-OH is 1. The van der Waals surface area contributed by atoms with Gasteiger partial charge in [0, 0.05) is 18.8 Å². The van der Waals surface area contributed by atoms with Crippen molar-refractivity contribution in [1.82, 2.24) is 14.9 Å². The molecule has 1 aromatic rings. The smallest absolute Gasteiger partial charge is 0.394 e. The average Bonchev–Trinajstić information content (AvgIpc) is 2.92. The van der Waals surface area contributed by atoms with Gasteiger partial charge >= 0.3 is 12.9 Å². The molecule has 13 heteroatoms. The second kappa shape index (κ2) is 8.89. The molecule has 0 aromatic carbocycles. The first-order valence-corrected chi connectivity index (χ1v) is 9.85. The van der Waals surface area contributed by atoms with Crippen LogP contribution in [0.1, 0.15) is 11.8 Å². The molecule has 2 heterocycles. The van der Waals surface area contributed by atoms with Crippen LogP contribution in [0.2, 0.25) is 0 Å². The van der Waals surface area contributed by atoms with E-state index < -0.39 is 55.5 Å². The number of aromatic amines is 1. The predicted molar refractivity (Wildman–Crippen MR) is 92.3 cm³/mol. The zero-order chi connectivity index (χ0) is 19.4. The zero-order valence-corrected chi connectivity index (χ0v) is 15.7. The summed E-state index contributed by atoms with van der Waals surface area (Å²) in [6.45, 7) is 0.584. The lowest BCUT2D eigenvalue weighted by molar-refractivity contribution is -0.132. The molecule has 1 fully saturated rings. The minimum atomic E-state index is -2.38. The molecule has 0 aliphatic carbocycles. The SMILES string of the molecule is CNC(=O)COC1C(O[P+](=O)S)[C@@H](CO)O[C@H]1n1cc(C)c(=O)[nH]c1=O. The number of aryl methyl sites for hydroxylation is 1. The number of nitrogens with zero attached hydrogens (tertiary/aromatic N) is 1. The number of ether oxygens (including phenoxy) is 2. The quantitative estimate of drug-likeness (QED) is 0.326. The molecular weight excluding hydrogens is 389 g/mol. The van der Waals surface area contributed by atoms with Crippen molar-refractivity contribution in [3.63, 3.8) is 0 Å². The zero-order valence-electron chi connectivity index (χ0n) is 13.9. The number of thiol groups is 1. The highest BCUT2D eigenvalue weighted by molar-refractivity contribution is 8.39. The molecule has 2 rings (SSSR count). The van der Waals surface area contributed by atoms with Gasteiger partial charge in [-0.25, -0.2) is 4.79 Å². The van der Waals surface area contributed by atoms with Crippen molar-refractivity contribution in [3.05, 3.63) is 32.6 Å². The monoisotopic (exact) mass is 408 g/mol. The Hall–Kier alpha value is -1.56. The van der Waals surface area contributed by atoms with Crippen LogP contribution in [0.5, 0.6) is 0 Å². The summed E-state index contributed by atoms with van der Waals surface area (Å²) in [5.74, 6) is -0.449. The fraction of sp³-hybridized carbons (Fsp3) is 0.615. The van der Waals surface area contributed by atoms with Gasteiger partial charge in [0.2, 0.25) is 5.91 Å². The van der Waals surface area contributed by atoms with Gasteiger partial charge in [0.25, 0.3) is 5.56 Å². The van der Waals surface area contributed by atoms with Crippen LogP contribution >= 0.6 is 19.5 Å². The molecule has 1 aromatic heterocycles. The fourth-order valence-corrected chi connectivity index (χ4v) is 3.30. The Kier molecular flexibility index (Phi) is 7.09. The van der Waals surface area contributed by atoms with E-state index in [4.69, 9.17) is 14.0 Å². The van der Waals surface area contributed by atoms with Crippen molar-refractivity contribution in [1.29, 1.82) is 0 Å². The van der Waals surface area contributed by atoms with E-state index in [-0.39, 0.29) is 12.2 Å². The van der Waals surface area contributed by atoms with Gasteiger partial charge in [0.15, 0.2) is 12.3 Å². The Morgan fingerprint density at radius 2 is 2.19 bits per heavy atom. The van der Waals surface area contributed by atoms with Crippen LogP contribution in [0.15, 0.2) is 15.8 Å². The maximum atomic E-state index is 12.2. The summed E-state index contributed by atoms with van der Waals surface area (Å²) >= 11 is 3.69. The molecule has 0 radical (unpaired) electrons. The van der Waals surface area contributed by atoms with Crippen LogP contribution in [-0.2, 0) is 23.4 Å². The van der Waals surface area contributed by atoms with E-state index >= 15 is 0 Å². The molecule has 11 nitrogen and oxygen atoms in total. The van der Waals surface area contributed by atoms with Crippen molar-refractivity contribution >= 4 is 25.4 Å². The number of likely N-dealkylation sites (N-methyl/N-ethyl adjacent to an activating group) is 1. The Balaban J connectivity index is 2.42. The third kappa shape index (κ3) is 4.58. The molecule has 3 N–H and O–H groups in total. The molecule has 1 aliphatic rings. The van der Waals surface area contributed by atoms with Crippen molar-refractivity contribution < 1.29 is 28.5 Å². The van der Waals surface area contributed by atoms with Crippen LogP contribution in [0, 0.1) is 6.92 Å². The summed E-state index contributed by atoms with van der Waals surface area (Å²) < 4.78 is 28.8. The molecule has 0 bridgehead atoms. The standard InChI is InChI=1S/C13H18N3O8PS/c1-6-3-16(13(20)15-11(6)19)12-10(22-5-8(18)14-2)9(24-25(21)26)7(4-17)23-12/h3,7,9-10,12,17H,4-5H2,1-2H3,(H2-,14,15,18,19,20,21,26)/p+1/t7-,9?,10?,12-/m1/s1. The van der Waals surface area contributed by atoms with E-state index in [2.05, 4.69) is 22.5 Å². The molecule has 1 aliphatic heterocycles. The van der Waals surface area contributed by atoms with Gasteiger partial charge in [0.1, 0.15) is 31.1 Å². The van der Waals surface area contributed by atoms with Crippen molar-refractivity contribution in [3.8, 4) is 0 Å². The maximum Gasteiger partial charge on any atom is 0.582 e. The largest absolute Gasteiger partial charge is 0.582 e. The van der Waals surface area contributed by atoms with Crippen LogP contribution < -0.4 is 16.6 Å². The number of H-pyrrole nitrogens is 1.